The molecule has 0 unspecified atom stereocenters. The maximum absolute atomic E-state index is 12.3. The lowest BCUT2D eigenvalue weighted by atomic mass is 9.84. The summed E-state index contributed by atoms with van der Waals surface area (Å²) in [5.41, 5.74) is 0.0346. The molecule has 5 nitrogen and oxygen atoms in total. The third kappa shape index (κ3) is 2.24. The molecule has 0 bridgehead atoms. The highest BCUT2D eigenvalue weighted by Gasteiger charge is 2.53. The van der Waals surface area contributed by atoms with E-state index in [0.717, 1.165) is 5.56 Å². The van der Waals surface area contributed by atoms with Crippen LogP contribution < -0.4 is 0 Å². The molecule has 108 valence electrons. The van der Waals surface area contributed by atoms with Crippen LogP contribution in [0, 0.1) is 5.41 Å². The number of carbonyl (C=O) groups is 2. The summed E-state index contributed by atoms with van der Waals surface area (Å²) in [7, 11) is 0. The second-order valence-electron chi connectivity index (χ2n) is 4.79. The lowest BCUT2D eigenvalue weighted by Crippen LogP contribution is -2.43. The van der Waals surface area contributed by atoms with Crippen LogP contribution in [0.3, 0.4) is 0 Å². The molecule has 0 saturated carbocycles. The molecule has 0 amide bonds. The Morgan fingerprint density at radius 3 is 2.25 bits per heavy atom. The largest absolute Gasteiger partial charge is 0.508 e. The molecule has 0 aromatic heterocycles. The van der Waals surface area contributed by atoms with Gasteiger partial charge in [0.1, 0.15) is 5.75 Å². The number of benzene rings is 1. The van der Waals surface area contributed by atoms with Crippen molar-refractivity contribution in [3.05, 3.63) is 29.3 Å². The van der Waals surface area contributed by atoms with Gasteiger partial charge in [0.25, 0.3) is 0 Å². The highest BCUT2D eigenvalue weighted by molar-refractivity contribution is 6.01. The molecule has 1 aliphatic rings. The maximum Gasteiger partial charge on any atom is 0.324 e. The number of carbonyl (C=O) groups excluding carboxylic acids is 2. The zero-order valence-corrected chi connectivity index (χ0v) is 11.6. The van der Waals surface area contributed by atoms with E-state index in [0.29, 0.717) is 5.56 Å². The van der Waals surface area contributed by atoms with Crippen LogP contribution in [0.5, 0.6) is 5.75 Å². The van der Waals surface area contributed by atoms with E-state index in [4.69, 9.17) is 9.47 Å². The van der Waals surface area contributed by atoms with Crippen molar-refractivity contribution in [3.63, 3.8) is 0 Å². The molecule has 0 radical (unpaired) electrons. The SMILES string of the molecule is CCOC(=O)C1(C(=O)OCC)Cc2cccc(O)c2C1. The van der Waals surface area contributed by atoms with Gasteiger partial charge in [0.15, 0.2) is 5.41 Å². The number of hydrogen-bond acceptors (Lipinski definition) is 5. The monoisotopic (exact) mass is 278 g/mol. The van der Waals surface area contributed by atoms with Gasteiger partial charge < -0.3 is 14.6 Å². The number of aromatic hydroxyl groups is 1. The van der Waals surface area contributed by atoms with Crippen molar-refractivity contribution in [3.8, 4) is 5.75 Å². The van der Waals surface area contributed by atoms with Crippen molar-refractivity contribution in [2.45, 2.75) is 26.7 Å². The molecule has 0 heterocycles. The second kappa shape index (κ2) is 5.53. The molecule has 2 rings (SSSR count). The van der Waals surface area contributed by atoms with Crippen molar-refractivity contribution >= 4 is 11.9 Å². The first-order valence-corrected chi connectivity index (χ1v) is 6.69. The van der Waals surface area contributed by atoms with Gasteiger partial charge >= 0.3 is 11.9 Å². The van der Waals surface area contributed by atoms with Gasteiger partial charge in [-0.05, 0) is 37.5 Å². The van der Waals surface area contributed by atoms with E-state index in [9.17, 15) is 14.7 Å². The summed E-state index contributed by atoms with van der Waals surface area (Å²) in [6, 6.07) is 5.04. The first-order chi connectivity index (χ1) is 9.55. The number of ether oxygens (including phenoxy) is 2. The smallest absolute Gasteiger partial charge is 0.324 e. The molecule has 1 aromatic carbocycles. The van der Waals surface area contributed by atoms with Crippen LogP contribution in [-0.4, -0.2) is 30.3 Å². The van der Waals surface area contributed by atoms with Crippen LogP contribution >= 0.6 is 0 Å². The maximum atomic E-state index is 12.3. The van der Waals surface area contributed by atoms with E-state index in [1.54, 1.807) is 32.0 Å². The quantitative estimate of drug-likeness (QED) is 0.669. The Balaban J connectivity index is 2.40. The van der Waals surface area contributed by atoms with Gasteiger partial charge in [-0.15, -0.1) is 0 Å². The molecule has 1 aliphatic carbocycles. The highest BCUT2D eigenvalue weighted by Crippen LogP contribution is 2.42. The summed E-state index contributed by atoms with van der Waals surface area (Å²) in [6.07, 6.45) is 0.321. The number of hydrogen-bond donors (Lipinski definition) is 1. The molecule has 0 atom stereocenters. The van der Waals surface area contributed by atoms with Gasteiger partial charge in [-0.1, -0.05) is 12.1 Å². The van der Waals surface area contributed by atoms with Crippen molar-refractivity contribution < 1.29 is 24.2 Å². The third-order valence-electron chi connectivity index (χ3n) is 3.55. The summed E-state index contributed by atoms with van der Waals surface area (Å²) >= 11 is 0. The Hall–Kier alpha value is -2.04. The Morgan fingerprint density at radius 1 is 1.15 bits per heavy atom. The molecule has 0 fully saturated rings. The van der Waals surface area contributed by atoms with E-state index in [1.807, 2.05) is 0 Å². The first-order valence-electron chi connectivity index (χ1n) is 6.69. The molecule has 0 spiro atoms. The molecule has 1 N–H and O–H groups in total. The van der Waals surface area contributed by atoms with E-state index in [-0.39, 0.29) is 31.8 Å². The first kappa shape index (κ1) is 14.4. The van der Waals surface area contributed by atoms with E-state index >= 15 is 0 Å². The normalized spacial score (nSPS) is 15.5. The minimum atomic E-state index is -1.37. The van der Waals surface area contributed by atoms with Crippen molar-refractivity contribution in [1.29, 1.82) is 0 Å². The summed E-state index contributed by atoms with van der Waals surface area (Å²) in [5, 5.41) is 9.88. The van der Waals surface area contributed by atoms with Crippen LogP contribution in [0.25, 0.3) is 0 Å². The molecule has 1 aromatic rings. The van der Waals surface area contributed by atoms with E-state index in [2.05, 4.69) is 0 Å². The zero-order valence-electron chi connectivity index (χ0n) is 11.6. The lowest BCUT2D eigenvalue weighted by Gasteiger charge is -2.23. The molecular weight excluding hydrogens is 260 g/mol. The molecule has 20 heavy (non-hydrogen) atoms. The predicted octanol–water partition coefficient (Wildman–Crippen LogP) is 1.60. The summed E-state index contributed by atoms with van der Waals surface area (Å²) in [4.78, 5) is 24.5. The number of fused-ring (bicyclic) bond motifs is 1. The Bertz CT molecular complexity index is 517. The number of phenols is 1. The van der Waals surface area contributed by atoms with Crippen LogP contribution in [0.4, 0.5) is 0 Å². The Kier molecular flexibility index (Phi) is 3.97. The van der Waals surface area contributed by atoms with E-state index in [1.165, 1.54) is 0 Å². The van der Waals surface area contributed by atoms with Gasteiger partial charge in [0.05, 0.1) is 13.2 Å². The standard InChI is InChI=1S/C15H18O5/c1-3-19-13(17)15(14(18)20-4-2)8-10-6-5-7-12(16)11(10)9-15/h5-7,16H,3-4,8-9H2,1-2H3. The fourth-order valence-electron chi connectivity index (χ4n) is 2.59. The Labute approximate surface area is 117 Å². The zero-order chi connectivity index (χ0) is 14.8. The topological polar surface area (TPSA) is 72.8 Å². The van der Waals surface area contributed by atoms with Gasteiger partial charge in [-0.3, -0.25) is 9.59 Å². The third-order valence-corrected chi connectivity index (χ3v) is 3.55. The van der Waals surface area contributed by atoms with E-state index < -0.39 is 17.4 Å². The minimum Gasteiger partial charge on any atom is -0.508 e. The van der Waals surface area contributed by atoms with Crippen LogP contribution in [0.1, 0.15) is 25.0 Å². The Morgan fingerprint density at radius 2 is 1.75 bits per heavy atom. The summed E-state index contributed by atoms with van der Waals surface area (Å²) < 4.78 is 10.1. The minimum absolute atomic E-state index is 0.0953. The molecule has 0 saturated heterocycles. The number of phenolic OH excluding ortho intramolecular Hbond substituents is 1. The number of esters is 2. The van der Waals surface area contributed by atoms with Gasteiger partial charge in [-0.2, -0.15) is 0 Å². The van der Waals surface area contributed by atoms with Gasteiger partial charge in [-0.25, -0.2) is 0 Å². The van der Waals surface area contributed by atoms with Gasteiger partial charge in [0, 0.05) is 6.42 Å². The molecular formula is C15H18O5. The molecule has 0 aliphatic heterocycles. The van der Waals surface area contributed by atoms with Crippen molar-refractivity contribution in [2.24, 2.45) is 5.41 Å². The average molecular weight is 278 g/mol. The van der Waals surface area contributed by atoms with Crippen molar-refractivity contribution in [1.82, 2.24) is 0 Å². The van der Waals surface area contributed by atoms with Crippen molar-refractivity contribution in [2.75, 3.05) is 13.2 Å². The molecule has 5 heteroatoms. The predicted molar refractivity (Wildman–Crippen MR) is 71.2 cm³/mol. The fourth-order valence-corrected chi connectivity index (χ4v) is 2.59. The lowest BCUT2D eigenvalue weighted by molar-refractivity contribution is -0.171. The highest BCUT2D eigenvalue weighted by atomic mass is 16.6. The van der Waals surface area contributed by atoms with Crippen LogP contribution in [0.15, 0.2) is 18.2 Å². The fraction of sp³-hybridized carbons (Fsp3) is 0.467. The van der Waals surface area contributed by atoms with Crippen LogP contribution in [0.2, 0.25) is 0 Å². The van der Waals surface area contributed by atoms with Gasteiger partial charge in [0.2, 0.25) is 0 Å². The second-order valence-corrected chi connectivity index (χ2v) is 4.79. The average Bonchev–Trinajstić information content (AvgIpc) is 2.82. The number of rotatable bonds is 4. The summed E-state index contributed by atoms with van der Waals surface area (Å²) in [6.45, 7) is 3.78. The summed E-state index contributed by atoms with van der Waals surface area (Å²) in [5.74, 6) is -1.08. The van der Waals surface area contributed by atoms with Crippen LogP contribution in [-0.2, 0) is 31.9 Å².